The van der Waals surface area contributed by atoms with E-state index in [-0.39, 0.29) is 12.5 Å². The van der Waals surface area contributed by atoms with Crippen LogP contribution in [-0.4, -0.2) is 43.2 Å². The number of amides is 1. The highest BCUT2D eigenvalue weighted by Gasteiger charge is 2.34. The van der Waals surface area contributed by atoms with E-state index in [0.29, 0.717) is 12.8 Å². The maximum absolute atomic E-state index is 12.3. The minimum Gasteiger partial charge on any atom is -0.350 e. The summed E-state index contributed by atoms with van der Waals surface area (Å²) in [4.78, 5) is 46.3. The van der Waals surface area contributed by atoms with Gasteiger partial charge < -0.3 is 10.3 Å². The van der Waals surface area contributed by atoms with Gasteiger partial charge in [0.1, 0.15) is 6.61 Å². The molecule has 1 rings (SSSR count). The molecule has 0 saturated carbocycles. The summed E-state index contributed by atoms with van der Waals surface area (Å²) in [6.07, 6.45) is 24.3. The van der Waals surface area contributed by atoms with E-state index in [9.17, 15) is 4.79 Å². The predicted octanol–water partition coefficient (Wildman–Crippen LogP) is 5.15. The van der Waals surface area contributed by atoms with Gasteiger partial charge in [0, 0.05) is 24.7 Å². The first-order valence-electron chi connectivity index (χ1n) is 12.5. The topological polar surface area (TPSA) is 128 Å². The second kappa shape index (κ2) is 19.0. The fraction of sp³-hybridized carbons (Fsp3) is 0.750. The molecule has 9 heteroatoms. The third kappa shape index (κ3) is 18.8. The molecular formula is C24H45N3O5P+. The van der Waals surface area contributed by atoms with E-state index < -0.39 is 14.2 Å². The van der Waals surface area contributed by atoms with Crippen molar-refractivity contribution < 1.29 is 24.0 Å². The van der Waals surface area contributed by atoms with Crippen molar-refractivity contribution in [3.05, 3.63) is 30.4 Å². The second-order valence-electron chi connectivity index (χ2n) is 8.69. The van der Waals surface area contributed by atoms with Crippen molar-refractivity contribution >= 4 is 14.1 Å². The van der Waals surface area contributed by atoms with Crippen LogP contribution in [0.3, 0.4) is 0 Å². The molecular weight excluding hydrogens is 441 g/mol. The molecule has 1 amide bonds. The number of aromatic nitrogens is 2. The molecule has 0 aliphatic carbocycles. The highest BCUT2D eigenvalue weighted by Crippen LogP contribution is 2.45. The van der Waals surface area contributed by atoms with Crippen molar-refractivity contribution in [3.63, 3.8) is 0 Å². The van der Waals surface area contributed by atoms with Crippen molar-refractivity contribution in [2.24, 2.45) is 0 Å². The first kappa shape index (κ1) is 29.7. The molecule has 0 bridgehead atoms. The van der Waals surface area contributed by atoms with Crippen molar-refractivity contribution in [3.8, 4) is 0 Å². The van der Waals surface area contributed by atoms with Gasteiger partial charge in [-0.1, -0.05) is 70.4 Å². The van der Waals surface area contributed by atoms with Gasteiger partial charge >= 0.3 is 8.17 Å². The summed E-state index contributed by atoms with van der Waals surface area (Å²) < 4.78 is 4.70. The number of carbonyl (C=O) groups excluding carboxylic acids is 1. The average Bonchev–Trinajstić information content (AvgIpc) is 3.27. The molecule has 0 unspecified atom stereocenters. The van der Waals surface area contributed by atoms with Crippen molar-refractivity contribution in [2.75, 3.05) is 6.61 Å². The van der Waals surface area contributed by atoms with Gasteiger partial charge in [-0.25, -0.2) is 4.98 Å². The first-order valence-corrected chi connectivity index (χ1v) is 14.1. The van der Waals surface area contributed by atoms with Crippen LogP contribution in [0.25, 0.3) is 0 Å². The number of unbranched alkanes of at least 4 members (excludes halogenated alkanes) is 11. The van der Waals surface area contributed by atoms with E-state index >= 15 is 0 Å². The molecule has 0 aliphatic rings. The number of allylic oxidation sites excluding steroid dienone is 2. The van der Waals surface area contributed by atoms with E-state index in [1.807, 2.05) is 0 Å². The number of nitrogens with zero attached hydrogens (tertiary/aromatic N) is 1. The van der Waals surface area contributed by atoms with Crippen LogP contribution >= 0.6 is 8.17 Å². The van der Waals surface area contributed by atoms with Crippen LogP contribution in [-0.2, 0) is 15.7 Å². The van der Waals surface area contributed by atoms with E-state index in [2.05, 4.69) is 34.4 Å². The lowest BCUT2D eigenvalue weighted by Crippen LogP contribution is -2.39. The number of nitrogens with one attached hydrogen (secondary N) is 2. The van der Waals surface area contributed by atoms with Crippen molar-refractivity contribution in [1.29, 1.82) is 0 Å². The van der Waals surface area contributed by atoms with Gasteiger partial charge in [0.2, 0.25) is 5.91 Å². The summed E-state index contributed by atoms with van der Waals surface area (Å²) in [7, 11) is -4.34. The fourth-order valence-electron chi connectivity index (χ4n) is 3.66. The Morgan fingerprint density at radius 1 is 1.03 bits per heavy atom. The standard InChI is InChI=1S/C24H44N3O5P/c1-2-3-4-5-6-7-8-9-10-11-12-13-14-15-16-17-24(28)27-23(20-32-33(29,30)31)18-22-19-25-21-26-22/h9-10,19,21,23,29-31H,2-8,11-18,20H2,1H3,(H-,25,26,27,28)/p+1/b10-9-/t23-/m0/s1. The lowest BCUT2D eigenvalue weighted by Gasteiger charge is -2.17. The number of rotatable bonds is 21. The molecule has 1 aromatic heterocycles. The third-order valence-electron chi connectivity index (χ3n) is 5.50. The monoisotopic (exact) mass is 486 g/mol. The Bertz CT molecular complexity index is 620. The minimum atomic E-state index is -4.34. The van der Waals surface area contributed by atoms with Crippen LogP contribution in [0, 0.1) is 0 Å². The van der Waals surface area contributed by atoms with E-state index in [1.165, 1.54) is 64.1 Å². The highest BCUT2D eigenvalue weighted by molar-refractivity contribution is 7.53. The Labute approximate surface area is 199 Å². The number of hydrogen-bond acceptors (Lipinski definition) is 6. The number of hydrogen-bond donors (Lipinski definition) is 5. The molecule has 8 nitrogen and oxygen atoms in total. The van der Waals surface area contributed by atoms with Gasteiger partial charge in [-0.15, -0.1) is 0 Å². The SMILES string of the molecule is CCCCCCCC/C=C\CCCCCCCC(=O)N[C@H](CO[P+](O)(O)O)Cc1cnc[nH]1. The average molecular weight is 487 g/mol. The van der Waals surface area contributed by atoms with E-state index in [0.717, 1.165) is 31.4 Å². The summed E-state index contributed by atoms with van der Waals surface area (Å²) in [5.74, 6) is -0.113. The van der Waals surface area contributed by atoms with Crippen LogP contribution in [0.15, 0.2) is 24.7 Å². The molecule has 0 fully saturated rings. The normalized spacial score (nSPS) is 13.0. The van der Waals surface area contributed by atoms with Gasteiger partial charge in [0.25, 0.3) is 0 Å². The second-order valence-corrected chi connectivity index (χ2v) is 9.97. The zero-order valence-corrected chi connectivity index (χ0v) is 21.1. The Kier molecular flexibility index (Phi) is 17.2. The lowest BCUT2D eigenvalue weighted by molar-refractivity contribution is -0.122. The molecule has 190 valence electrons. The Morgan fingerprint density at radius 3 is 2.21 bits per heavy atom. The van der Waals surface area contributed by atoms with E-state index in [4.69, 9.17) is 19.2 Å². The van der Waals surface area contributed by atoms with Crippen LogP contribution < -0.4 is 5.32 Å². The van der Waals surface area contributed by atoms with Gasteiger partial charge in [-0.05, 0) is 32.1 Å². The number of H-pyrrole nitrogens is 1. The zero-order chi connectivity index (χ0) is 24.2. The van der Waals surface area contributed by atoms with Crippen molar-refractivity contribution in [2.45, 2.75) is 109 Å². The fourth-order valence-corrected chi connectivity index (χ4v) is 4.04. The molecule has 1 aromatic rings. The maximum Gasteiger partial charge on any atom is 0.567 e. The Hall–Kier alpha value is -1.31. The van der Waals surface area contributed by atoms with Gasteiger partial charge in [0.05, 0.1) is 12.4 Å². The third-order valence-corrected chi connectivity index (χ3v) is 6.00. The maximum atomic E-state index is 12.3. The molecule has 1 atom stereocenters. The minimum absolute atomic E-state index is 0.113. The number of carbonyl (C=O) groups is 1. The lowest BCUT2D eigenvalue weighted by atomic mass is 10.1. The van der Waals surface area contributed by atoms with Gasteiger partial charge in [-0.3, -0.25) is 4.79 Å². The molecule has 33 heavy (non-hydrogen) atoms. The summed E-state index contributed by atoms with van der Waals surface area (Å²) >= 11 is 0. The molecule has 0 radical (unpaired) electrons. The van der Waals surface area contributed by atoms with Crippen LogP contribution in [0.2, 0.25) is 0 Å². The smallest absolute Gasteiger partial charge is 0.350 e. The van der Waals surface area contributed by atoms with Crippen LogP contribution in [0.5, 0.6) is 0 Å². The van der Waals surface area contributed by atoms with Crippen LogP contribution in [0.1, 0.15) is 103 Å². The zero-order valence-electron chi connectivity index (χ0n) is 20.3. The quantitative estimate of drug-likeness (QED) is 0.0929. The van der Waals surface area contributed by atoms with Crippen LogP contribution in [0.4, 0.5) is 0 Å². The molecule has 0 saturated heterocycles. The molecule has 1 heterocycles. The molecule has 5 N–H and O–H groups in total. The Morgan fingerprint density at radius 2 is 1.64 bits per heavy atom. The first-order chi connectivity index (χ1) is 15.9. The summed E-state index contributed by atoms with van der Waals surface area (Å²) in [5.41, 5.74) is 0.780. The molecule has 0 spiro atoms. The molecule has 0 aromatic carbocycles. The summed E-state index contributed by atoms with van der Waals surface area (Å²) in [6, 6.07) is -0.494. The van der Waals surface area contributed by atoms with E-state index in [1.54, 1.807) is 6.20 Å². The summed E-state index contributed by atoms with van der Waals surface area (Å²) in [5, 5.41) is 2.84. The summed E-state index contributed by atoms with van der Waals surface area (Å²) in [6.45, 7) is 2.05. The highest BCUT2D eigenvalue weighted by atomic mass is 31.2. The van der Waals surface area contributed by atoms with Gasteiger partial charge in [-0.2, -0.15) is 19.2 Å². The Balaban J connectivity index is 2.06. The largest absolute Gasteiger partial charge is 0.567 e. The predicted molar refractivity (Wildman–Crippen MR) is 133 cm³/mol. The molecule has 0 aliphatic heterocycles. The van der Waals surface area contributed by atoms with Gasteiger partial charge in [0.15, 0.2) is 0 Å². The van der Waals surface area contributed by atoms with Crippen molar-refractivity contribution in [1.82, 2.24) is 15.3 Å². The number of imidazole rings is 1. The number of aromatic amines is 1.